The van der Waals surface area contributed by atoms with Gasteiger partial charge in [0.1, 0.15) is 0 Å². The average molecular weight is 195 g/mol. The van der Waals surface area contributed by atoms with Gasteiger partial charge >= 0.3 is 0 Å². The lowest BCUT2D eigenvalue weighted by atomic mass is 10.1. The molecule has 0 amide bonds. The second kappa shape index (κ2) is 4.79. The Balaban J connectivity index is 4.13. The van der Waals surface area contributed by atoms with Crippen molar-refractivity contribution in [3.05, 3.63) is 0 Å². The second-order valence-electron chi connectivity index (χ2n) is 2.87. The molecule has 0 saturated carbocycles. The summed E-state index contributed by atoms with van der Waals surface area (Å²) >= 11 is 0. The Labute approximate surface area is 74.2 Å². The van der Waals surface area contributed by atoms with E-state index in [2.05, 4.69) is 4.18 Å². The van der Waals surface area contributed by atoms with Crippen molar-refractivity contribution in [1.29, 1.82) is 0 Å². The third-order valence-electron chi connectivity index (χ3n) is 1.88. The van der Waals surface area contributed by atoms with Crippen LogP contribution in [0.4, 0.5) is 0 Å². The maximum atomic E-state index is 11.1. The van der Waals surface area contributed by atoms with E-state index in [9.17, 15) is 8.42 Å². The molecule has 0 saturated heterocycles. The van der Waals surface area contributed by atoms with Crippen LogP contribution < -0.4 is 5.73 Å². The molecule has 0 heterocycles. The maximum absolute atomic E-state index is 11.1. The lowest BCUT2D eigenvalue weighted by molar-refractivity contribution is 0.383. The van der Waals surface area contributed by atoms with Gasteiger partial charge in [0.2, 0.25) is 0 Å². The minimum atomic E-state index is -3.38. The van der Waals surface area contributed by atoms with Crippen LogP contribution in [0.3, 0.4) is 0 Å². The van der Waals surface area contributed by atoms with E-state index in [0.29, 0.717) is 6.42 Å². The standard InChI is InChI=1S/C7H17NO3S/c1-4-7(8)5-6(2)12(9,10)11-3/h6-7H,4-5,8H2,1-3H3. The third kappa shape index (κ3) is 3.51. The van der Waals surface area contributed by atoms with Crippen LogP contribution in [0, 0.1) is 0 Å². The number of nitrogens with two attached hydrogens (primary N) is 1. The van der Waals surface area contributed by atoms with Crippen molar-refractivity contribution in [2.75, 3.05) is 7.11 Å². The van der Waals surface area contributed by atoms with Gasteiger partial charge in [-0.3, -0.25) is 4.18 Å². The molecule has 0 aliphatic carbocycles. The molecule has 0 bridgehead atoms. The Bertz CT molecular complexity index is 213. The van der Waals surface area contributed by atoms with E-state index in [1.165, 1.54) is 7.11 Å². The van der Waals surface area contributed by atoms with Gasteiger partial charge < -0.3 is 5.73 Å². The molecule has 0 spiro atoms. The molecule has 0 fully saturated rings. The summed E-state index contributed by atoms with van der Waals surface area (Å²) in [5.41, 5.74) is 5.61. The second-order valence-corrected chi connectivity index (χ2v) is 5.00. The van der Waals surface area contributed by atoms with Gasteiger partial charge in [-0.05, 0) is 19.8 Å². The molecule has 0 aromatic heterocycles. The highest BCUT2D eigenvalue weighted by molar-refractivity contribution is 7.87. The topological polar surface area (TPSA) is 69.4 Å². The first-order valence-corrected chi connectivity index (χ1v) is 5.46. The molecule has 0 aliphatic heterocycles. The van der Waals surface area contributed by atoms with Gasteiger partial charge in [0.05, 0.1) is 12.4 Å². The van der Waals surface area contributed by atoms with Crippen molar-refractivity contribution in [2.24, 2.45) is 5.73 Å². The van der Waals surface area contributed by atoms with Crippen LogP contribution in [-0.4, -0.2) is 26.8 Å². The SMILES string of the molecule is CCC(N)CC(C)S(=O)(=O)OC. The van der Waals surface area contributed by atoms with Crippen molar-refractivity contribution in [2.45, 2.75) is 38.0 Å². The zero-order valence-electron chi connectivity index (χ0n) is 7.78. The molecule has 4 nitrogen and oxygen atoms in total. The molecule has 0 radical (unpaired) electrons. The number of rotatable bonds is 5. The van der Waals surface area contributed by atoms with Crippen molar-refractivity contribution in [3.63, 3.8) is 0 Å². The van der Waals surface area contributed by atoms with Crippen LogP contribution in [0.5, 0.6) is 0 Å². The molecular weight excluding hydrogens is 178 g/mol. The Morgan fingerprint density at radius 2 is 2.00 bits per heavy atom. The zero-order chi connectivity index (χ0) is 9.78. The molecule has 0 rings (SSSR count). The summed E-state index contributed by atoms with van der Waals surface area (Å²) in [4.78, 5) is 0. The van der Waals surface area contributed by atoms with Gasteiger partial charge in [-0.15, -0.1) is 0 Å². The summed E-state index contributed by atoms with van der Waals surface area (Å²) in [5.74, 6) is 0. The Kier molecular flexibility index (Phi) is 4.74. The fourth-order valence-electron chi connectivity index (χ4n) is 0.875. The summed E-state index contributed by atoms with van der Waals surface area (Å²) < 4.78 is 26.5. The summed E-state index contributed by atoms with van der Waals surface area (Å²) in [6.07, 6.45) is 1.23. The van der Waals surface area contributed by atoms with Gasteiger partial charge in [-0.25, -0.2) is 0 Å². The van der Waals surface area contributed by atoms with Crippen LogP contribution in [0.15, 0.2) is 0 Å². The predicted octanol–water partition coefficient (Wildman–Crippen LogP) is 0.479. The molecule has 0 aromatic carbocycles. The van der Waals surface area contributed by atoms with E-state index in [1.807, 2.05) is 6.92 Å². The third-order valence-corrected chi connectivity index (χ3v) is 3.53. The zero-order valence-corrected chi connectivity index (χ0v) is 8.60. The highest BCUT2D eigenvalue weighted by Crippen LogP contribution is 2.09. The van der Waals surface area contributed by atoms with Crippen molar-refractivity contribution >= 4 is 10.1 Å². The summed E-state index contributed by atoms with van der Waals surface area (Å²) in [5, 5.41) is -0.516. The first-order chi connectivity index (χ1) is 5.44. The van der Waals surface area contributed by atoms with Gasteiger partial charge in [-0.1, -0.05) is 6.92 Å². The monoisotopic (exact) mass is 195 g/mol. The number of hydrogen-bond acceptors (Lipinski definition) is 4. The molecule has 2 N–H and O–H groups in total. The molecular formula is C7H17NO3S. The van der Waals surface area contributed by atoms with E-state index in [1.54, 1.807) is 6.92 Å². The van der Waals surface area contributed by atoms with Gasteiger partial charge in [0.25, 0.3) is 10.1 Å². The minimum Gasteiger partial charge on any atom is -0.328 e. The predicted molar refractivity (Wildman–Crippen MR) is 48.3 cm³/mol. The van der Waals surface area contributed by atoms with Gasteiger partial charge in [0.15, 0.2) is 0 Å². The normalized spacial score (nSPS) is 17.3. The summed E-state index contributed by atoms with van der Waals surface area (Å²) in [6.45, 7) is 3.53. The highest BCUT2D eigenvalue weighted by atomic mass is 32.2. The molecule has 5 heteroatoms. The lowest BCUT2D eigenvalue weighted by Crippen LogP contribution is -2.29. The summed E-state index contributed by atoms with van der Waals surface area (Å²) in [7, 11) is -2.21. The molecule has 2 unspecified atom stereocenters. The smallest absolute Gasteiger partial charge is 0.269 e. The van der Waals surface area contributed by atoms with E-state index in [4.69, 9.17) is 5.73 Å². The molecule has 0 aliphatic rings. The Morgan fingerprint density at radius 3 is 2.33 bits per heavy atom. The van der Waals surface area contributed by atoms with Crippen molar-refractivity contribution in [1.82, 2.24) is 0 Å². The highest BCUT2D eigenvalue weighted by Gasteiger charge is 2.21. The van der Waals surface area contributed by atoms with Crippen LogP contribution in [0.25, 0.3) is 0 Å². The quantitative estimate of drug-likeness (QED) is 0.648. The Morgan fingerprint density at radius 1 is 1.50 bits per heavy atom. The van der Waals surface area contributed by atoms with E-state index in [-0.39, 0.29) is 6.04 Å². The minimum absolute atomic E-state index is 0.0649. The van der Waals surface area contributed by atoms with E-state index < -0.39 is 15.4 Å². The molecule has 0 aromatic rings. The summed E-state index contributed by atoms with van der Waals surface area (Å²) in [6, 6.07) is -0.0649. The Hall–Kier alpha value is -0.130. The first kappa shape index (κ1) is 11.9. The van der Waals surface area contributed by atoms with E-state index in [0.717, 1.165) is 6.42 Å². The van der Waals surface area contributed by atoms with Crippen molar-refractivity contribution in [3.8, 4) is 0 Å². The first-order valence-electron chi connectivity index (χ1n) is 3.99. The van der Waals surface area contributed by atoms with Crippen LogP contribution in [0.2, 0.25) is 0 Å². The van der Waals surface area contributed by atoms with Gasteiger partial charge in [-0.2, -0.15) is 8.42 Å². The average Bonchev–Trinajstić information content (AvgIpc) is 2.04. The van der Waals surface area contributed by atoms with Crippen LogP contribution >= 0.6 is 0 Å². The van der Waals surface area contributed by atoms with E-state index >= 15 is 0 Å². The van der Waals surface area contributed by atoms with Crippen LogP contribution in [-0.2, 0) is 14.3 Å². The van der Waals surface area contributed by atoms with Gasteiger partial charge in [0, 0.05) is 6.04 Å². The van der Waals surface area contributed by atoms with Crippen LogP contribution in [0.1, 0.15) is 26.7 Å². The number of hydrogen-bond donors (Lipinski definition) is 1. The fourth-order valence-corrected chi connectivity index (χ4v) is 1.69. The largest absolute Gasteiger partial charge is 0.328 e. The molecule has 74 valence electrons. The molecule has 2 atom stereocenters. The molecule has 12 heavy (non-hydrogen) atoms. The lowest BCUT2D eigenvalue weighted by Gasteiger charge is -2.14. The van der Waals surface area contributed by atoms with Crippen molar-refractivity contribution < 1.29 is 12.6 Å². The fraction of sp³-hybridized carbons (Fsp3) is 1.00. The maximum Gasteiger partial charge on any atom is 0.269 e.